The molecule has 1 aromatic rings. The molecule has 4 nitrogen and oxygen atoms in total. The van der Waals surface area contributed by atoms with Gasteiger partial charge in [-0.05, 0) is 51.4 Å². The Kier molecular flexibility index (Phi) is 5.72. The molecule has 0 saturated carbocycles. The minimum atomic E-state index is -0.773. The van der Waals surface area contributed by atoms with E-state index in [1.165, 1.54) is 5.56 Å². The van der Waals surface area contributed by atoms with Crippen LogP contribution in [0.4, 0.5) is 0 Å². The Hall–Kier alpha value is -0.970. The standard InChI is InChI=1S/C14H25N3O/c1-12(10-14(2,18)11-15)17(3)9-6-13-4-7-16-8-5-13/h4-5,7-8,12,18H,6,9-11,15H2,1-3H3. The summed E-state index contributed by atoms with van der Waals surface area (Å²) >= 11 is 0. The van der Waals surface area contributed by atoms with E-state index >= 15 is 0 Å². The summed E-state index contributed by atoms with van der Waals surface area (Å²) in [7, 11) is 2.08. The maximum atomic E-state index is 9.97. The van der Waals surface area contributed by atoms with E-state index in [9.17, 15) is 5.11 Å². The highest BCUT2D eigenvalue weighted by Gasteiger charge is 2.23. The van der Waals surface area contributed by atoms with Crippen LogP contribution < -0.4 is 5.73 Å². The Morgan fingerprint density at radius 2 is 2.06 bits per heavy atom. The van der Waals surface area contributed by atoms with Crippen molar-refractivity contribution in [3.63, 3.8) is 0 Å². The van der Waals surface area contributed by atoms with Crippen molar-refractivity contribution in [2.45, 2.75) is 38.3 Å². The second kappa shape index (κ2) is 6.83. The highest BCUT2D eigenvalue weighted by atomic mass is 16.3. The third kappa shape index (κ3) is 5.12. The lowest BCUT2D eigenvalue weighted by Crippen LogP contribution is -2.42. The predicted octanol–water partition coefficient (Wildman–Crippen LogP) is 1.04. The molecule has 3 N–H and O–H groups in total. The molecule has 2 atom stereocenters. The third-order valence-corrected chi connectivity index (χ3v) is 3.43. The highest BCUT2D eigenvalue weighted by molar-refractivity contribution is 5.09. The van der Waals surface area contributed by atoms with Crippen LogP contribution in [-0.4, -0.2) is 46.8 Å². The van der Waals surface area contributed by atoms with E-state index < -0.39 is 5.60 Å². The molecule has 1 aromatic heterocycles. The van der Waals surface area contributed by atoms with E-state index in [1.807, 2.05) is 24.5 Å². The molecule has 102 valence electrons. The van der Waals surface area contributed by atoms with E-state index in [2.05, 4.69) is 23.9 Å². The average Bonchev–Trinajstić information content (AvgIpc) is 2.36. The second-order valence-electron chi connectivity index (χ2n) is 5.34. The Morgan fingerprint density at radius 3 is 2.61 bits per heavy atom. The van der Waals surface area contributed by atoms with E-state index in [-0.39, 0.29) is 0 Å². The van der Waals surface area contributed by atoms with E-state index in [0.29, 0.717) is 19.0 Å². The minimum Gasteiger partial charge on any atom is -0.389 e. The van der Waals surface area contributed by atoms with Gasteiger partial charge in [-0.2, -0.15) is 0 Å². The van der Waals surface area contributed by atoms with Crippen LogP contribution in [0.1, 0.15) is 25.8 Å². The maximum absolute atomic E-state index is 9.97. The zero-order valence-corrected chi connectivity index (χ0v) is 11.6. The number of pyridine rings is 1. The number of nitrogens with two attached hydrogens (primary N) is 1. The lowest BCUT2D eigenvalue weighted by atomic mass is 9.97. The first kappa shape index (κ1) is 15.1. The van der Waals surface area contributed by atoms with Gasteiger partial charge in [0.05, 0.1) is 5.60 Å². The maximum Gasteiger partial charge on any atom is 0.0756 e. The Bertz CT molecular complexity index is 340. The van der Waals surface area contributed by atoms with Gasteiger partial charge in [-0.25, -0.2) is 0 Å². The predicted molar refractivity (Wildman–Crippen MR) is 74.3 cm³/mol. The average molecular weight is 251 g/mol. The molecule has 0 spiro atoms. The first-order valence-electron chi connectivity index (χ1n) is 6.46. The van der Waals surface area contributed by atoms with Crippen molar-refractivity contribution in [3.05, 3.63) is 30.1 Å². The lowest BCUT2D eigenvalue weighted by molar-refractivity contribution is 0.0337. The van der Waals surface area contributed by atoms with Crippen molar-refractivity contribution in [3.8, 4) is 0 Å². The van der Waals surface area contributed by atoms with Crippen LogP contribution in [0.2, 0.25) is 0 Å². The lowest BCUT2D eigenvalue weighted by Gasteiger charge is -2.31. The molecule has 1 heterocycles. The Labute approximate surface area is 110 Å². The molecule has 0 aliphatic rings. The summed E-state index contributed by atoms with van der Waals surface area (Å²) in [5, 5.41) is 9.97. The second-order valence-corrected chi connectivity index (χ2v) is 5.34. The quantitative estimate of drug-likeness (QED) is 0.760. The Morgan fingerprint density at radius 1 is 1.44 bits per heavy atom. The van der Waals surface area contributed by atoms with Crippen LogP contribution in [-0.2, 0) is 6.42 Å². The van der Waals surface area contributed by atoms with Gasteiger partial charge in [-0.3, -0.25) is 4.98 Å². The molecular weight excluding hydrogens is 226 g/mol. The summed E-state index contributed by atoms with van der Waals surface area (Å²) in [5.74, 6) is 0. The molecule has 0 bridgehead atoms. The fraction of sp³-hybridized carbons (Fsp3) is 0.643. The number of hydrogen-bond acceptors (Lipinski definition) is 4. The van der Waals surface area contributed by atoms with Gasteiger partial charge < -0.3 is 15.7 Å². The van der Waals surface area contributed by atoms with Gasteiger partial charge >= 0.3 is 0 Å². The number of likely N-dealkylation sites (N-methyl/N-ethyl adjacent to an activating group) is 1. The smallest absolute Gasteiger partial charge is 0.0756 e. The highest BCUT2D eigenvalue weighted by Crippen LogP contribution is 2.14. The van der Waals surface area contributed by atoms with Crippen molar-refractivity contribution in [2.75, 3.05) is 20.1 Å². The van der Waals surface area contributed by atoms with Crippen LogP contribution in [0.25, 0.3) is 0 Å². The largest absolute Gasteiger partial charge is 0.389 e. The van der Waals surface area contributed by atoms with Crippen molar-refractivity contribution < 1.29 is 5.11 Å². The summed E-state index contributed by atoms with van der Waals surface area (Å²) in [4.78, 5) is 6.26. The van der Waals surface area contributed by atoms with Gasteiger partial charge in [-0.15, -0.1) is 0 Å². The number of aromatic nitrogens is 1. The van der Waals surface area contributed by atoms with Crippen LogP contribution in [0, 0.1) is 0 Å². The summed E-state index contributed by atoms with van der Waals surface area (Å²) < 4.78 is 0. The molecule has 0 radical (unpaired) electrons. The molecule has 0 amide bonds. The zero-order chi connectivity index (χ0) is 13.6. The van der Waals surface area contributed by atoms with Crippen LogP contribution in [0.15, 0.2) is 24.5 Å². The monoisotopic (exact) mass is 251 g/mol. The van der Waals surface area contributed by atoms with Crippen molar-refractivity contribution in [2.24, 2.45) is 5.73 Å². The minimum absolute atomic E-state index is 0.301. The van der Waals surface area contributed by atoms with Crippen LogP contribution in [0.5, 0.6) is 0 Å². The number of aliphatic hydroxyl groups is 1. The summed E-state index contributed by atoms with van der Waals surface area (Å²) in [6.45, 7) is 5.18. The third-order valence-electron chi connectivity index (χ3n) is 3.43. The van der Waals surface area contributed by atoms with E-state index in [0.717, 1.165) is 13.0 Å². The Balaban J connectivity index is 2.38. The first-order chi connectivity index (χ1) is 8.44. The zero-order valence-electron chi connectivity index (χ0n) is 11.6. The molecule has 0 aliphatic carbocycles. The molecular formula is C14H25N3O. The SMILES string of the molecule is CC(CC(C)(O)CN)N(C)CCc1ccncc1. The van der Waals surface area contributed by atoms with Crippen molar-refractivity contribution in [1.82, 2.24) is 9.88 Å². The van der Waals surface area contributed by atoms with E-state index in [1.54, 1.807) is 6.92 Å². The number of rotatable bonds is 7. The topological polar surface area (TPSA) is 62.4 Å². The molecule has 0 aliphatic heterocycles. The van der Waals surface area contributed by atoms with Gasteiger partial charge in [0.25, 0.3) is 0 Å². The van der Waals surface area contributed by atoms with Gasteiger partial charge in [0, 0.05) is 31.5 Å². The molecule has 0 saturated heterocycles. The van der Waals surface area contributed by atoms with Gasteiger partial charge in [0.1, 0.15) is 0 Å². The molecule has 0 aromatic carbocycles. The van der Waals surface area contributed by atoms with Gasteiger partial charge in [0.15, 0.2) is 0 Å². The summed E-state index contributed by atoms with van der Waals surface area (Å²) in [5.41, 5.74) is 6.06. The summed E-state index contributed by atoms with van der Waals surface area (Å²) in [6, 6.07) is 4.38. The first-order valence-corrected chi connectivity index (χ1v) is 6.46. The molecule has 4 heteroatoms. The number of hydrogen-bond donors (Lipinski definition) is 2. The molecule has 0 fully saturated rings. The van der Waals surface area contributed by atoms with E-state index in [4.69, 9.17) is 5.73 Å². The molecule has 2 unspecified atom stereocenters. The summed E-state index contributed by atoms with van der Waals surface area (Å²) in [6.07, 6.45) is 5.32. The van der Waals surface area contributed by atoms with Gasteiger partial charge in [-0.1, -0.05) is 0 Å². The van der Waals surface area contributed by atoms with Crippen LogP contribution in [0.3, 0.4) is 0 Å². The molecule has 18 heavy (non-hydrogen) atoms. The molecule has 1 rings (SSSR count). The van der Waals surface area contributed by atoms with Crippen molar-refractivity contribution >= 4 is 0 Å². The van der Waals surface area contributed by atoms with Crippen LogP contribution >= 0.6 is 0 Å². The normalized spacial score (nSPS) is 16.6. The van der Waals surface area contributed by atoms with Crippen molar-refractivity contribution in [1.29, 1.82) is 0 Å². The van der Waals surface area contributed by atoms with Gasteiger partial charge in [0.2, 0.25) is 0 Å². The number of nitrogens with zero attached hydrogens (tertiary/aromatic N) is 2. The fourth-order valence-corrected chi connectivity index (χ4v) is 1.95. The fourth-order valence-electron chi connectivity index (χ4n) is 1.95.